The maximum absolute atomic E-state index is 12.3. The molecule has 2 unspecified atom stereocenters. The average Bonchev–Trinajstić information content (AvgIpc) is 3.40. The highest BCUT2D eigenvalue weighted by Crippen LogP contribution is 2.38. The number of fused-ring (bicyclic) bond motifs is 2. The third kappa shape index (κ3) is 2.83. The molecule has 3 aromatic rings. The van der Waals surface area contributed by atoms with Crippen molar-refractivity contribution in [2.45, 2.75) is 37.6 Å². The molecule has 0 bridgehead atoms. The summed E-state index contributed by atoms with van der Waals surface area (Å²) in [6.45, 7) is 2.44. The van der Waals surface area contributed by atoms with Crippen molar-refractivity contribution in [1.29, 1.82) is 0 Å². The second-order valence-corrected chi connectivity index (χ2v) is 8.17. The number of nitrogens with one attached hydrogen (secondary N) is 2. The zero-order valence-corrected chi connectivity index (χ0v) is 15.4. The molecule has 0 radical (unpaired) electrons. The molecule has 0 aliphatic carbocycles. The molecule has 2 aliphatic rings. The number of hydrogen-bond acceptors (Lipinski definition) is 4. The molecule has 1 amide bonds. The van der Waals surface area contributed by atoms with Crippen LogP contribution in [-0.2, 0) is 0 Å². The number of rotatable bonds is 3. The van der Waals surface area contributed by atoms with Crippen molar-refractivity contribution >= 4 is 33.8 Å². The van der Waals surface area contributed by atoms with Gasteiger partial charge in [0.15, 0.2) is 0 Å². The second-order valence-electron chi connectivity index (χ2n) is 7.39. The van der Waals surface area contributed by atoms with Crippen LogP contribution in [0.3, 0.4) is 0 Å². The highest BCUT2D eigenvalue weighted by atomic mass is 32.1. The largest absolute Gasteiger partial charge is 0.322 e. The Morgan fingerprint density at radius 3 is 3.12 bits per heavy atom. The van der Waals surface area contributed by atoms with E-state index in [-0.39, 0.29) is 5.91 Å². The van der Waals surface area contributed by atoms with E-state index in [1.165, 1.54) is 50.1 Å². The first-order valence-electron chi connectivity index (χ1n) is 9.33. The fourth-order valence-electron chi connectivity index (χ4n) is 4.49. The lowest BCUT2D eigenvalue weighted by atomic mass is 9.87. The Balaban J connectivity index is 1.41. The highest BCUT2D eigenvalue weighted by Gasteiger charge is 2.33. The number of hydrogen-bond donors (Lipinski definition) is 2. The molecule has 0 saturated carbocycles. The Morgan fingerprint density at radius 2 is 2.23 bits per heavy atom. The zero-order chi connectivity index (χ0) is 17.5. The maximum atomic E-state index is 12.3. The summed E-state index contributed by atoms with van der Waals surface area (Å²) in [6.07, 6.45) is 5.02. The van der Waals surface area contributed by atoms with Gasteiger partial charge in [-0.3, -0.25) is 9.89 Å². The summed E-state index contributed by atoms with van der Waals surface area (Å²) in [7, 11) is 0. The summed E-state index contributed by atoms with van der Waals surface area (Å²) in [5.41, 5.74) is 3.74. The Hall–Kier alpha value is -2.18. The van der Waals surface area contributed by atoms with Gasteiger partial charge in [0.2, 0.25) is 0 Å². The van der Waals surface area contributed by atoms with Gasteiger partial charge in [0, 0.05) is 28.4 Å². The van der Waals surface area contributed by atoms with E-state index in [9.17, 15) is 4.79 Å². The van der Waals surface area contributed by atoms with Crippen LogP contribution in [0.4, 0.5) is 5.69 Å². The fraction of sp³-hybridized carbons (Fsp3) is 0.400. The molecule has 2 N–H and O–H groups in total. The van der Waals surface area contributed by atoms with Gasteiger partial charge in [-0.1, -0.05) is 0 Å². The third-order valence-electron chi connectivity index (χ3n) is 5.84. The normalized spacial score (nSPS) is 23.2. The lowest BCUT2D eigenvalue weighted by Crippen LogP contribution is -2.37. The van der Waals surface area contributed by atoms with Crippen molar-refractivity contribution < 1.29 is 4.79 Å². The van der Waals surface area contributed by atoms with Gasteiger partial charge in [0.05, 0.1) is 16.8 Å². The second kappa shape index (κ2) is 6.52. The van der Waals surface area contributed by atoms with E-state index in [1.54, 1.807) is 0 Å². The Labute approximate surface area is 156 Å². The van der Waals surface area contributed by atoms with Gasteiger partial charge < -0.3 is 10.2 Å². The van der Waals surface area contributed by atoms with Crippen LogP contribution in [0.1, 0.15) is 47.7 Å². The van der Waals surface area contributed by atoms with Crippen LogP contribution in [0, 0.1) is 0 Å². The van der Waals surface area contributed by atoms with Crippen LogP contribution >= 0.6 is 11.3 Å². The van der Waals surface area contributed by atoms with E-state index in [2.05, 4.69) is 26.5 Å². The molecule has 1 aromatic carbocycles. The number of aromatic nitrogens is 2. The summed E-state index contributed by atoms with van der Waals surface area (Å²) in [5.74, 6) is 0.445. The molecule has 2 atom stereocenters. The summed E-state index contributed by atoms with van der Waals surface area (Å²) in [6, 6.07) is 8.59. The predicted molar refractivity (Wildman–Crippen MR) is 105 cm³/mol. The van der Waals surface area contributed by atoms with Gasteiger partial charge >= 0.3 is 0 Å². The molecule has 6 heteroatoms. The number of benzene rings is 1. The minimum atomic E-state index is -0.0603. The van der Waals surface area contributed by atoms with Crippen molar-refractivity contribution in [2.75, 3.05) is 18.4 Å². The van der Waals surface area contributed by atoms with Crippen molar-refractivity contribution in [1.82, 2.24) is 15.1 Å². The van der Waals surface area contributed by atoms with E-state index < -0.39 is 0 Å². The maximum Gasteiger partial charge on any atom is 0.256 e. The van der Waals surface area contributed by atoms with E-state index in [4.69, 9.17) is 0 Å². The Kier molecular flexibility index (Phi) is 4.02. The van der Waals surface area contributed by atoms with Gasteiger partial charge in [-0.2, -0.15) is 16.4 Å². The minimum absolute atomic E-state index is 0.0603. The fourth-order valence-corrected chi connectivity index (χ4v) is 5.13. The monoisotopic (exact) mass is 366 g/mol. The van der Waals surface area contributed by atoms with Crippen molar-refractivity contribution in [3.63, 3.8) is 0 Å². The van der Waals surface area contributed by atoms with Crippen LogP contribution in [-0.4, -0.2) is 40.1 Å². The molecule has 134 valence electrons. The van der Waals surface area contributed by atoms with Crippen molar-refractivity contribution in [2.24, 2.45) is 0 Å². The first-order chi connectivity index (χ1) is 12.8. The number of aromatic amines is 1. The molecule has 5 rings (SSSR count). The molecule has 2 fully saturated rings. The number of anilines is 1. The SMILES string of the molecule is O=C(Nc1ccc2[nH]nc(C3CCN4CCCC4C3)c2c1)c1ccsc1. The van der Waals surface area contributed by atoms with Crippen LogP contribution in [0.15, 0.2) is 35.0 Å². The van der Waals surface area contributed by atoms with Gasteiger partial charge in [-0.15, -0.1) is 0 Å². The van der Waals surface area contributed by atoms with Gasteiger partial charge in [-0.05, 0) is 68.4 Å². The third-order valence-corrected chi connectivity index (χ3v) is 6.52. The number of carbonyl (C=O) groups excluding carboxylic acids is 1. The van der Waals surface area contributed by atoms with Crippen LogP contribution in [0.5, 0.6) is 0 Å². The number of amides is 1. The molecule has 0 spiro atoms. The lowest BCUT2D eigenvalue weighted by Gasteiger charge is -2.34. The topological polar surface area (TPSA) is 61.0 Å². The number of nitrogens with zero attached hydrogens (tertiary/aromatic N) is 2. The predicted octanol–water partition coefficient (Wildman–Crippen LogP) is 4.22. The molecule has 2 aromatic heterocycles. The minimum Gasteiger partial charge on any atom is -0.322 e. The number of carbonyl (C=O) groups is 1. The molecule has 2 aliphatic heterocycles. The Bertz CT molecular complexity index is 933. The van der Waals surface area contributed by atoms with Crippen molar-refractivity contribution in [3.05, 3.63) is 46.3 Å². The molecular formula is C20H22N4OS. The average molecular weight is 366 g/mol. The van der Waals surface area contributed by atoms with Crippen molar-refractivity contribution in [3.8, 4) is 0 Å². The first-order valence-corrected chi connectivity index (χ1v) is 10.3. The quantitative estimate of drug-likeness (QED) is 0.730. The molecule has 2 saturated heterocycles. The van der Waals surface area contributed by atoms with E-state index >= 15 is 0 Å². The van der Waals surface area contributed by atoms with E-state index in [1.807, 2.05) is 29.0 Å². The zero-order valence-electron chi connectivity index (χ0n) is 14.6. The van der Waals surface area contributed by atoms with Gasteiger partial charge in [0.1, 0.15) is 0 Å². The molecular weight excluding hydrogens is 344 g/mol. The highest BCUT2D eigenvalue weighted by molar-refractivity contribution is 7.08. The number of thiophene rings is 1. The summed E-state index contributed by atoms with van der Waals surface area (Å²) >= 11 is 1.53. The van der Waals surface area contributed by atoms with Gasteiger partial charge in [-0.25, -0.2) is 0 Å². The summed E-state index contributed by atoms with van der Waals surface area (Å²) in [5, 5.41) is 15.8. The van der Waals surface area contributed by atoms with Crippen LogP contribution < -0.4 is 5.32 Å². The standard InChI is InChI=1S/C20H22N4OS/c25-20(14-6-9-26-12-14)21-15-3-4-18-17(11-15)19(23-22-18)13-5-8-24-7-1-2-16(24)10-13/h3-4,6,9,11-13,16H,1-2,5,7-8,10H2,(H,21,25)(H,22,23). The van der Waals surface area contributed by atoms with Gasteiger partial charge in [0.25, 0.3) is 5.91 Å². The molecule has 26 heavy (non-hydrogen) atoms. The van der Waals surface area contributed by atoms with E-state index in [0.717, 1.165) is 28.3 Å². The summed E-state index contributed by atoms with van der Waals surface area (Å²) in [4.78, 5) is 15.0. The molecule has 4 heterocycles. The Morgan fingerprint density at radius 1 is 1.27 bits per heavy atom. The van der Waals surface area contributed by atoms with E-state index in [0.29, 0.717) is 11.5 Å². The number of piperidine rings is 1. The smallest absolute Gasteiger partial charge is 0.256 e. The first kappa shape index (κ1) is 16.0. The van der Waals surface area contributed by atoms with Crippen LogP contribution in [0.2, 0.25) is 0 Å². The summed E-state index contributed by atoms with van der Waals surface area (Å²) < 4.78 is 0. The lowest BCUT2D eigenvalue weighted by molar-refractivity contribution is 0.102. The van der Waals surface area contributed by atoms with Crippen LogP contribution in [0.25, 0.3) is 10.9 Å². The number of H-pyrrole nitrogens is 1. The molecule has 5 nitrogen and oxygen atoms in total.